The molecule has 3 rings (SSSR count). The molecule has 5 nitrogen and oxygen atoms in total. The molecule has 1 saturated carbocycles. The molecule has 0 amide bonds. The fourth-order valence-corrected chi connectivity index (χ4v) is 4.14. The Morgan fingerprint density at radius 1 is 1.33 bits per heavy atom. The molecular formula is C19H27NO4. The first-order chi connectivity index (χ1) is 11.5. The predicted octanol–water partition coefficient (Wildman–Crippen LogP) is 3.31. The Bertz CT molecular complexity index is 595. The number of likely N-dealkylation sites (tertiary alicyclic amines) is 1. The van der Waals surface area contributed by atoms with Crippen LogP contribution >= 0.6 is 0 Å². The van der Waals surface area contributed by atoms with Crippen LogP contribution in [0.5, 0.6) is 11.5 Å². The van der Waals surface area contributed by atoms with Gasteiger partial charge in [-0.2, -0.15) is 0 Å². The molecule has 24 heavy (non-hydrogen) atoms. The van der Waals surface area contributed by atoms with E-state index in [4.69, 9.17) is 14.6 Å². The summed E-state index contributed by atoms with van der Waals surface area (Å²) in [5.74, 6) is 0.176. The number of aliphatic carboxylic acids is 1. The van der Waals surface area contributed by atoms with Crippen LogP contribution in [0.25, 0.3) is 0 Å². The third-order valence-corrected chi connectivity index (χ3v) is 5.50. The number of rotatable bonds is 6. The number of ether oxygens (including phenoxy) is 2. The van der Waals surface area contributed by atoms with E-state index in [1.54, 1.807) is 14.0 Å². The molecule has 2 aliphatic rings. The number of carbonyl (C=O) groups is 1. The minimum Gasteiger partial charge on any atom is -0.493 e. The monoisotopic (exact) mass is 333 g/mol. The molecule has 5 heteroatoms. The van der Waals surface area contributed by atoms with Crippen LogP contribution in [0.1, 0.15) is 44.6 Å². The van der Waals surface area contributed by atoms with E-state index in [1.165, 1.54) is 32.1 Å². The van der Waals surface area contributed by atoms with Crippen molar-refractivity contribution in [3.63, 3.8) is 0 Å². The first-order valence-electron chi connectivity index (χ1n) is 8.81. The van der Waals surface area contributed by atoms with Crippen molar-refractivity contribution in [3.05, 3.63) is 23.8 Å². The van der Waals surface area contributed by atoms with E-state index >= 15 is 0 Å². The van der Waals surface area contributed by atoms with E-state index in [1.807, 2.05) is 18.2 Å². The normalized spacial score (nSPS) is 21.1. The molecule has 1 heterocycles. The Kier molecular flexibility index (Phi) is 4.99. The highest BCUT2D eigenvalue weighted by Crippen LogP contribution is 2.46. The molecule has 132 valence electrons. The SMILES string of the molecule is COc1cccc(CN2CCC3(CCCC3)C2)c1O[C@@H](C)C(=O)O. The number of methoxy groups -OCH3 is 1. The molecule has 1 aromatic carbocycles. The van der Waals surface area contributed by atoms with Crippen LogP contribution in [0.2, 0.25) is 0 Å². The number of para-hydroxylation sites is 1. The average molecular weight is 333 g/mol. The Balaban J connectivity index is 1.76. The largest absolute Gasteiger partial charge is 0.493 e. The second kappa shape index (κ2) is 7.01. The van der Waals surface area contributed by atoms with E-state index in [0.29, 0.717) is 16.9 Å². The Hall–Kier alpha value is -1.75. The van der Waals surface area contributed by atoms with E-state index in [9.17, 15) is 4.79 Å². The molecule has 0 aromatic heterocycles. The average Bonchev–Trinajstić information content (AvgIpc) is 3.19. The summed E-state index contributed by atoms with van der Waals surface area (Å²) in [6.45, 7) is 4.56. The molecule has 1 N–H and O–H groups in total. The maximum Gasteiger partial charge on any atom is 0.344 e. The van der Waals surface area contributed by atoms with Crippen molar-refractivity contribution in [2.45, 2.75) is 51.7 Å². The van der Waals surface area contributed by atoms with Crippen LogP contribution in [-0.2, 0) is 11.3 Å². The number of hydrogen-bond donors (Lipinski definition) is 1. The van der Waals surface area contributed by atoms with Gasteiger partial charge >= 0.3 is 5.97 Å². The summed E-state index contributed by atoms with van der Waals surface area (Å²) < 4.78 is 11.1. The summed E-state index contributed by atoms with van der Waals surface area (Å²) in [7, 11) is 1.58. The molecule has 0 radical (unpaired) electrons. The van der Waals surface area contributed by atoms with Crippen LogP contribution in [0.3, 0.4) is 0 Å². The molecule has 1 aromatic rings. The van der Waals surface area contributed by atoms with Gasteiger partial charge in [0.15, 0.2) is 17.6 Å². The van der Waals surface area contributed by atoms with E-state index in [0.717, 1.165) is 25.2 Å². The van der Waals surface area contributed by atoms with Gasteiger partial charge in [-0.05, 0) is 44.2 Å². The highest BCUT2D eigenvalue weighted by atomic mass is 16.5. The fraction of sp³-hybridized carbons (Fsp3) is 0.632. The quantitative estimate of drug-likeness (QED) is 0.865. The lowest BCUT2D eigenvalue weighted by atomic mass is 9.86. The first kappa shape index (κ1) is 17.1. The Morgan fingerprint density at radius 3 is 2.75 bits per heavy atom. The van der Waals surface area contributed by atoms with Crippen molar-refractivity contribution in [2.24, 2.45) is 5.41 Å². The van der Waals surface area contributed by atoms with Gasteiger partial charge in [-0.1, -0.05) is 25.0 Å². The second-order valence-corrected chi connectivity index (χ2v) is 7.21. The maximum atomic E-state index is 11.2. The zero-order chi connectivity index (χ0) is 17.2. The molecule has 1 spiro atoms. The highest BCUT2D eigenvalue weighted by Gasteiger charge is 2.40. The van der Waals surface area contributed by atoms with E-state index in [2.05, 4.69) is 4.90 Å². The van der Waals surface area contributed by atoms with Gasteiger partial charge in [-0.25, -0.2) is 4.79 Å². The summed E-state index contributed by atoms with van der Waals surface area (Å²) in [6.07, 6.45) is 5.79. The number of nitrogens with zero attached hydrogens (tertiary/aromatic N) is 1. The maximum absolute atomic E-state index is 11.2. The van der Waals surface area contributed by atoms with Crippen molar-refractivity contribution >= 4 is 5.97 Å². The van der Waals surface area contributed by atoms with Gasteiger partial charge in [0.1, 0.15) is 0 Å². The zero-order valence-corrected chi connectivity index (χ0v) is 14.6. The summed E-state index contributed by atoms with van der Waals surface area (Å²) in [5.41, 5.74) is 1.52. The van der Waals surface area contributed by atoms with Gasteiger partial charge in [0.25, 0.3) is 0 Å². The minimum absolute atomic E-state index is 0.522. The number of hydrogen-bond acceptors (Lipinski definition) is 4. The molecular weight excluding hydrogens is 306 g/mol. The van der Waals surface area contributed by atoms with Gasteiger partial charge in [0, 0.05) is 18.7 Å². The van der Waals surface area contributed by atoms with Crippen LogP contribution in [0, 0.1) is 5.41 Å². The van der Waals surface area contributed by atoms with Gasteiger partial charge in [-0.3, -0.25) is 4.90 Å². The van der Waals surface area contributed by atoms with Crippen LogP contribution < -0.4 is 9.47 Å². The van der Waals surface area contributed by atoms with Gasteiger partial charge in [-0.15, -0.1) is 0 Å². The van der Waals surface area contributed by atoms with Crippen LogP contribution in [-0.4, -0.2) is 42.3 Å². The van der Waals surface area contributed by atoms with E-state index in [-0.39, 0.29) is 0 Å². The van der Waals surface area contributed by atoms with Gasteiger partial charge < -0.3 is 14.6 Å². The third-order valence-electron chi connectivity index (χ3n) is 5.50. The third kappa shape index (κ3) is 3.51. The van der Waals surface area contributed by atoms with Gasteiger partial charge in [0.05, 0.1) is 7.11 Å². The van der Waals surface area contributed by atoms with E-state index < -0.39 is 12.1 Å². The van der Waals surface area contributed by atoms with Crippen molar-refractivity contribution in [1.29, 1.82) is 0 Å². The number of benzene rings is 1. The van der Waals surface area contributed by atoms with Crippen LogP contribution in [0.15, 0.2) is 18.2 Å². The molecule has 1 atom stereocenters. The fourth-order valence-electron chi connectivity index (χ4n) is 4.14. The summed E-state index contributed by atoms with van der Waals surface area (Å²) in [6, 6.07) is 5.76. The Morgan fingerprint density at radius 2 is 2.08 bits per heavy atom. The van der Waals surface area contributed by atoms with Gasteiger partial charge in [0.2, 0.25) is 0 Å². The first-order valence-corrected chi connectivity index (χ1v) is 8.81. The number of carboxylic acids is 1. The minimum atomic E-state index is -0.974. The summed E-state index contributed by atoms with van der Waals surface area (Å²) in [4.78, 5) is 13.6. The zero-order valence-electron chi connectivity index (χ0n) is 14.6. The summed E-state index contributed by atoms with van der Waals surface area (Å²) >= 11 is 0. The standard InChI is InChI=1S/C19H27NO4/c1-14(18(21)22)24-17-15(6-5-7-16(17)23-2)12-20-11-10-19(13-20)8-3-4-9-19/h5-7,14H,3-4,8-13H2,1-2H3,(H,21,22)/t14-/m0/s1. The van der Waals surface area contributed by atoms with Crippen molar-refractivity contribution < 1.29 is 19.4 Å². The lowest BCUT2D eigenvalue weighted by Crippen LogP contribution is -2.26. The second-order valence-electron chi connectivity index (χ2n) is 7.21. The molecule has 0 bridgehead atoms. The summed E-state index contributed by atoms with van der Waals surface area (Å²) in [5, 5.41) is 9.15. The topological polar surface area (TPSA) is 59.0 Å². The van der Waals surface area contributed by atoms with Crippen LogP contribution in [0.4, 0.5) is 0 Å². The molecule has 1 saturated heterocycles. The lowest BCUT2D eigenvalue weighted by molar-refractivity contribution is -0.144. The van der Waals surface area contributed by atoms with Crippen molar-refractivity contribution in [1.82, 2.24) is 4.90 Å². The molecule has 1 aliphatic carbocycles. The lowest BCUT2D eigenvalue weighted by Gasteiger charge is -2.25. The number of carboxylic acid groups (broad SMARTS) is 1. The Labute approximate surface area is 143 Å². The predicted molar refractivity (Wildman–Crippen MR) is 91.5 cm³/mol. The van der Waals surface area contributed by atoms with Crippen molar-refractivity contribution in [3.8, 4) is 11.5 Å². The highest BCUT2D eigenvalue weighted by molar-refractivity contribution is 5.72. The molecule has 2 fully saturated rings. The molecule has 0 unspecified atom stereocenters. The van der Waals surface area contributed by atoms with Crippen molar-refractivity contribution in [2.75, 3.05) is 20.2 Å². The molecule has 1 aliphatic heterocycles. The smallest absolute Gasteiger partial charge is 0.344 e.